The lowest BCUT2D eigenvalue weighted by Gasteiger charge is -2.35. The molecule has 1 heterocycles. The van der Waals surface area contributed by atoms with Gasteiger partial charge in [-0.3, -0.25) is 9.59 Å². The van der Waals surface area contributed by atoms with Crippen molar-refractivity contribution in [1.29, 1.82) is 0 Å². The molecule has 0 aromatic carbocycles. The van der Waals surface area contributed by atoms with Crippen LogP contribution in [0.2, 0.25) is 0 Å². The Balaban J connectivity index is 2.66. The molecule has 0 bridgehead atoms. The molecule has 1 aliphatic rings. The van der Waals surface area contributed by atoms with Crippen LogP contribution in [0.5, 0.6) is 0 Å². The molecule has 1 rings (SSSR count). The van der Waals surface area contributed by atoms with Gasteiger partial charge in [0.15, 0.2) is 0 Å². The number of esters is 1. The second-order valence-electron chi connectivity index (χ2n) is 7.65. The van der Waals surface area contributed by atoms with Gasteiger partial charge in [-0.05, 0) is 47.0 Å². The van der Waals surface area contributed by atoms with E-state index in [1.54, 1.807) is 16.7 Å². The lowest BCUT2D eigenvalue weighted by atomic mass is 9.96. The van der Waals surface area contributed by atoms with Gasteiger partial charge >= 0.3 is 12.1 Å². The zero-order valence-corrected chi connectivity index (χ0v) is 16.9. The number of hydrogen-bond donors (Lipinski definition) is 0. The second kappa shape index (κ2) is 10.4. The minimum Gasteiger partial charge on any atom is -0.466 e. The number of piperidine rings is 1. The molecule has 1 aliphatic heterocycles. The van der Waals surface area contributed by atoms with Gasteiger partial charge in [-0.25, -0.2) is 4.79 Å². The molecule has 1 unspecified atom stereocenters. The summed E-state index contributed by atoms with van der Waals surface area (Å²) in [6, 6.07) is 0. The molecular formula is C19H34N2O5. The Hall–Kier alpha value is -1.79. The highest BCUT2D eigenvalue weighted by Gasteiger charge is 2.33. The Labute approximate surface area is 157 Å². The summed E-state index contributed by atoms with van der Waals surface area (Å²) >= 11 is 0. The number of ether oxygens (including phenoxy) is 2. The minimum atomic E-state index is -0.554. The van der Waals surface area contributed by atoms with E-state index in [0.717, 1.165) is 19.3 Å². The average molecular weight is 370 g/mol. The van der Waals surface area contributed by atoms with Crippen LogP contribution in [-0.4, -0.2) is 66.2 Å². The Morgan fingerprint density at radius 3 is 2.42 bits per heavy atom. The monoisotopic (exact) mass is 370 g/mol. The fraction of sp³-hybridized carbons (Fsp3) is 0.842. The van der Waals surface area contributed by atoms with Crippen molar-refractivity contribution in [2.24, 2.45) is 5.92 Å². The fourth-order valence-electron chi connectivity index (χ4n) is 2.99. The Morgan fingerprint density at radius 2 is 1.85 bits per heavy atom. The van der Waals surface area contributed by atoms with Crippen LogP contribution in [0, 0.1) is 5.92 Å². The molecule has 0 N–H and O–H groups in total. The van der Waals surface area contributed by atoms with E-state index in [1.165, 1.54) is 0 Å². The number of carbonyl (C=O) groups is 3. The van der Waals surface area contributed by atoms with Crippen LogP contribution >= 0.6 is 0 Å². The van der Waals surface area contributed by atoms with Crippen molar-refractivity contribution < 1.29 is 23.9 Å². The van der Waals surface area contributed by atoms with Crippen LogP contribution in [0.1, 0.15) is 60.3 Å². The zero-order chi connectivity index (χ0) is 19.7. The molecule has 0 aromatic rings. The lowest BCUT2D eigenvalue weighted by molar-refractivity contribution is -0.144. The third-order valence-electron chi connectivity index (χ3n) is 4.12. The molecule has 0 radical (unpaired) electrons. The first-order chi connectivity index (χ1) is 12.2. The Morgan fingerprint density at radius 1 is 1.15 bits per heavy atom. The molecule has 0 saturated carbocycles. The lowest BCUT2D eigenvalue weighted by Crippen LogP contribution is -2.48. The third-order valence-corrected chi connectivity index (χ3v) is 4.12. The number of hydrogen-bond acceptors (Lipinski definition) is 5. The SMILES string of the molecule is CCCN(CCC(=O)OCC)C(=O)C1CCCN(C(=O)OC(C)(C)C)C1. The summed E-state index contributed by atoms with van der Waals surface area (Å²) in [7, 11) is 0. The number of carbonyl (C=O) groups excluding carboxylic acids is 3. The van der Waals surface area contributed by atoms with Crippen molar-refractivity contribution in [3.63, 3.8) is 0 Å². The van der Waals surface area contributed by atoms with E-state index in [1.807, 2.05) is 27.7 Å². The summed E-state index contributed by atoms with van der Waals surface area (Å²) in [5, 5.41) is 0. The smallest absolute Gasteiger partial charge is 0.410 e. The van der Waals surface area contributed by atoms with Gasteiger partial charge in [-0.1, -0.05) is 6.92 Å². The largest absolute Gasteiger partial charge is 0.466 e. The number of likely N-dealkylation sites (tertiary alicyclic amines) is 1. The molecule has 150 valence electrons. The number of rotatable bonds is 7. The van der Waals surface area contributed by atoms with Crippen LogP contribution < -0.4 is 0 Å². The molecule has 2 amide bonds. The second-order valence-corrected chi connectivity index (χ2v) is 7.65. The third kappa shape index (κ3) is 7.62. The highest BCUT2D eigenvalue weighted by Crippen LogP contribution is 2.21. The van der Waals surface area contributed by atoms with E-state index in [9.17, 15) is 14.4 Å². The van der Waals surface area contributed by atoms with Gasteiger partial charge in [0.1, 0.15) is 5.60 Å². The van der Waals surface area contributed by atoms with Crippen LogP contribution in [0.15, 0.2) is 0 Å². The minimum absolute atomic E-state index is 0.00408. The van der Waals surface area contributed by atoms with E-state index in [-0.39, 0.29) is 30.3 Å². The van der Waals surface area contributed by atoms with E-state index in [2.05, 4.69) is 0 Å². The maximum absolute atomic E-state index is 12.9. The van der Waals surface area contributed by atoms with Crippen molar-refractivity contribution >= 4 is 18.0 Å². The first-order valence-corrected chi connectivity index (χ1v) is 9.60. The highest BCUT2D eigenvalue weighted by molar-refractivity contribution is 5.81. The van der Waals surface area contributed by atoms with Gasteiger partial charge in [0.25, 0.3) is 0 Å². The van der Waals surface area contributed by atoms with E-state index < -0.39 is 5.60 Å². The van der Waals surface area contributed by atoms with Crippen molar-refractivity contribution in [2.45, 2.75) is 65.9 Å². The molecule has 0 aromatic heterocycles. The van der Waals surface area contributed by atoms with Gasteiger partial charge < -0.3 is 19.3 Å². The molecule has 7 heteroatoms. The van der Waals surface area contributed by atoms with Gasteiger partial charge in [-0.15, -0.1) is 0 Å². The molecule has 1 atom stereocenters. The van der Waals surface area contributed by atoms with Crippen molar-refractivity contribution in [3.05, 3.63) is 0 Å². The maximum atomic E-state index is 12.9. The molecule has 0 aliphatic carbocycles. The van der Waals surface area contributed by atoms with Gasteiger partial charge in [0.05, 0.1) is 18.9 Å². The van der Waals surface area contributed by atoms with Crippen LogP contribution in [0.4, 0.5) is 4.79 Å². The first kappa shape index (κ1) is 22.3. The van der Waals surface area contributed by atoms with Crippen molar-refractivity contribution in [3.8, 4) is 0 Å². The average Bonchev–Trinajstić information content (AvgIpc) is 2.57. The summed E-state index contributed by atoms with van der Waals surface area (Å²) in [5.41, 5.74) is -0.554. The Bertz CT molecular complexity index is 487. The normalized spacial score (nSPS) is 17.6. The van der Waals surface area contributed by atoms with Gasteiger partial charge in [0, 0.05) is 26.2 Å². The molecule has 7 nitrogen and oxygen atoms in total. The number of nitrogens with zero attached hydrogens (tertiary/aromatic N) is 2. The van der Waals surface area contributed by atoms with Crippen LogP contribution in [0.25, 0.3) is 0 Å². The fourth-order valence-corrected chi connectivity index (χ4v) is 2.99. The summed E-state index contributed by atoms with van der Waals surface area (Å²) in [6.07, 6.45) is 2.16. The standard InChI is InChI=1S/C19H34N2O5/c1-6-11-20(13-10-16(22)25-7-2)17(23)15-9-8-12-21(14-15)18(24)26-19(3,4)5/h15H,6-14H2,1-5H3. The van der Waals surface area contributed by atoms with E-state index in [4.69, 9.17) is 9.47 Å². The molecular weight excluding hydrogens is 336 g/mol. The van der Waals surface area contributed by atoms with Crippen molar-refractivity contribution in [2.75, 3.05) is 32.8 Å². The summed E-state index contributed by atoms with van der Waals surface area (Å²) in [4.78, 5) is 40.1. The zero-order valence-electron chi connectivity index (χ0n) is 16.9. The molecule has 1 saturated heterocycles. The predicted octanol–water partition coefficient (Wildman–Crippen LogP) is 2.83. The summed E-state index contributed by atoms with van der Waals surface area (Å²) in [6.45, 7) is 11.5. The maximum Gasteiger partial charge on any atom is 0.410 e. The quantitative estimate of drug-likeness (QED) is 0.644. The Kier molecular flexibility index (Phi) is 8.88. The highest BCUT2D eigenvalue weighted by atomic mass is 16.6. The van der Waals surface area contributed by atoms with Gasteiger partial charge in [0.2, 0.25) is 5.91 Å². The van der Waals surface area contributed by atoms with Gasteiger partial charge in [-0.2, -0.15) is 0 Å². The van der Waals surface area contributed by atoms with Crippen LogP contribution in [0.3, 0.4) is 0 Å². The number of amides is 2. The summed E-state index contributed by atoms with van der Waals surface area (Å²) < 4.78 is 10.4. The van der Waals surface area contributed by atoms with E-state index in [0.29, 0.717) is 32.8 Å². The van der Waals surface area contributed by atoms with Crippen molar-refractivity contribution in [1.82, 2.24) is 9.80 Å². The van der Waals surface area contributed by atoms with Crippen LogP contribution in [-0.2, 0) is 19.1 Å². The van der Waals surface area contributed by atoms with E-state index >= 15 is 0 Å². The molecule has 1 fully saturated rings. The topological polar surface area (TPSA) is 76.2 Å². The molecule has 0 spiro atoms. The summed E-state index contributed by atoms with van der Waals surface area (Å²) in [5.74, 6) is -0.533. The predicted molar refractivity (Wildman–Crippen MR) is 98.7 cm³/mol. The first-order valence-electron chi connectivity index (χ1n) is 9.60. The molecule has 26 heavy (non-hydrogen) atoms.